The molecule has 4 rings (SSSR count). The van der Waals surface area contributed by atoms with Crippen LogP contribution in [0.1, 0.15) is 21.5 Å². The van der Waals surface area contributed by atoms with E-state index >= 15 is 0 Å². The van der Waals surface area contributed by atoms with E-state index in [1.54, 1.807) is 24.3 Å². The molecule has 0 atom stereocenters. The second kappa shape index (κ2) is 9.70. The van der Waals surface area contributed by atoms with Crippen LogP contribution < -0.4 is 10.1 Å². The van der Waals surface area contributed by atoms with Crippen molar-refractivity contribution in [3.63, 3.8) is 0 Å². The van der Waals surface area contributed by atoms with Crippen molar-refractivity contribution < 1.29 is 14.6 Å². The molecule has 0 aliphatic rings. The first kappa shape index (κ1) is 22.3. The van der Waals surface area contributed by atoms with E-state index in [0.29, 0.717) is 38.6 Å². The summed E-state index contributed by atoms with van der Waals surface area (Å²) in [7, 11) is 0. The molecule has 0 amide bonds. The standard InChI is InChI=1S/C25H18Cl3NO3/c26-20-6-3-7-21(27)19(20)14-32-24-11-9-15-4-1-2-5-17(15)18(24)13-29-23-12-16(25(30)31)8-10-22(23)28/h1-12,29H,13-14H2,(H,30,31). The molecule has 0 aliphatic carbocycles. The smallest absolute Gasteiger partial charge is 0.335 e. The molecule has 0 heterocycles. The average Bonchev–Trinajstić information content (AvgIpc) is 2.78. The molecule has 0 aromatic heterocycles. The number of carboxylic acids is 1. The number of hydrogen-bond acceptors (Lipinski definition) is 3. The summed E-state index contributed by atoms with van der Waals surface area (Å²) < 4.78 is 6.14. The van der Waals surface area contributed by atoms with Crippen LogP contribution in [0.4, 0.5) is 5.69 Å². The maximum absolute atomic E-state index is 11.3. The molecule has 4 nitrogen and oxygen atoms in total. The lowest BCUT2D eigenvalue weighted by atomic mass is 10.0. The van der Waals surface area contributed by atoms with Crippen molar-refractivity contribution in [2.24, 2.45) is 0 Å². The molecule has 0 saturated carbocycles. The molecule has 4 aromatic rings. The molecule has 2 N–H and O–H groups in total. The van der Waals surface area contributed by atoms with Gasteiger partial charge in [0, 0.05) is 27.7 Å². The number of carbonyl (C=O) groups is 1. The number of anilines is 1. The Morgan fingerprint density at radius 2 is 1.59 bits per heavy atom. The summed E-state index contributed by atoms with van der Waals surface area (Å²) in [4.78, 5) is 11.3. The highest BCUT2D eigenvalue weighted by Gasteiger charge is 2.13. The lowest BCUT2D eigenvalue weighted by Gasteiger charge is -2.17. The Bertz CT molecular complexity index is 1290. The Morgan fingerprint density at radius 1 is 0.844 bits per heavy atom. The maximum Gasteiger partial charge on any atom is 0.335 e. The minimum Gasteiger partial charge on any atom is -0.488 e. The van der Waals surface area contributed by atoms with E-state index in [1.165, 1.54) is 12.1 Å². The third-order valence-electron chi connectivity index (χ3n) is 5.10. The topological polar surface area (TPSA) is 58.6 Å². The number of hydrogen-bond donors (Lipinski definition) is 2. The second-order valence-corrected chi connectivity index (χ2v) is 8.33. The zero-order chi connectivity index (χ0) is 22.7. The molecular formula is C25H18Cl3NO3. The van der Waals surface area contributed by atoms with Gasteiger partial charge in [0.2, 0.25) is 0 Å². The van der Waals surface area contributed by atoms with Crippen LogP contribution in [-0.2, 0) is 13.2 Å². The first-order valence-corrected chi connectivity index (χ1v) is 10.9. The summed E-state index contributed by atoms with van der Waals surface area (Å²) in [5, 5.41) is 16.1. The Hall–Kier alpha value is -2.92. The number of nitrogens with one attached hydrogen (secondary N) is 1. The largest absolute Gasteiger partial charge is 0.488 e. The van der Waals surface area contributed by atoms with Gasteiger partial charge in [0.15, 0.2) is 0 Å². The summed E-state index contributed by atoms with van der Waals surface area (Å²) in [5.74, 6) is -0.354. The van der Waals surface area contributed by atoms with Crippen molar-refractivity contribution in [3.8, 4) is 5.75 Å². The van der Waals surface area contributed by atoms with Crippen molar-refractivity contribution >= 4 is 57.2 Å². The third-order valence-corrected chi connectivity index (χ3v) is 6.14. The maximum atomic E-state index is 11.3. The first-order chi connectivity index (χ1) is 15.4. The SMILES string of the molecule is O=C(O)c1ccc(Cl)c(NCc2c(OCc3c(Cl)cccc3Cl)ccc3ccccc23)c1. The molecule has 0 fully saturated rings. The zero-order valence-corrected chi connectivity index (χ0v) is 19.0. The fourth-order valence-electron chi connectivity index (χ4n) is 3.43. The van der Waals surface area contributed by atoms with Gasteiger partial charge in [-0.05, 0) is 47.2 Å². The molecule has 7 heteroatoms. The number of benzene rings is 4. The Labute approximate surface area is 200 Å². The summed E-state index contributed by atoms with van der Waals surface area (Å²) in [6, 6.07) is 21.7. The van der Waals surface area contributed by atoms with Crippen LogP contribution in [0.15, 0.2) is 72.8 Å². The summed E-state index contributed by atoms with van der Waals surface area (Å²) >= 11 is 18.9. The Kier molecular flexibility index (Phi) is 6.75. The van der Waals surface area contributed by atoms with E-state index in [2.05, 4.69) is 5.32 Å². The number of halogens is 3. The van der Waals surface area contributed by atoms with E-state index in [0.717, 1.165) is 16.3 Å². The van der Waals surface area contributed by atoms with E-state index in [-0.39, 0.29) is 12.2 Å². The van der Waals surface area contributed by atoms with Crippen LogP contribution in [0.5, 0.6) is 5.75 Å². The average molecular weight is 487 g/mol. The van der Waals surface area contributed by atoms with Gasteiger partial charge in [0.05, 0.1) is 16.3 Å². The second-order valence-electron chi connectivity index (χ2n) is 7.11. The molecule has 32 heavy (non-hydrogen) atoms. The van der Waals surface area contributed by atoms with Gasteiger partial charge in [-0.25, -0.2) is 4.79 Å². The van der Waals surface area contributed by atoms with Crippen LogP contribution in [0.25, 0.3) is 10.8 Å². The minimum atomic E-state index is -1.02. The Morgan fingerprint density at radius 3 is 2.34 bits per heavy atom. The zero-order valence-electron chi connectivity index (χ0n) is 16.7. The molecule has 0 bridgehead atoms. The van der Waals surface area contributed by atoms with Crippen molar-refractivity contribution in [3.05, 3.63) is 105 Å². The van der Waals surface area contributed by atoms with Crippen LogP contribution in [0.3, 0.4) is 0 Å². The number of fused-ring (bicyclic) bond motifs is 1. The highest BCUT2D eigenvalue weighted by molar-refractivity contribution is 6.36. The molecule has 0 aliphatic heterocycles. The fourth-order valence-corrected chi connectivity index (χ4v) is 4.12. The number of ether oxygens (including phenoxy) is 1. The van der Waals surface area contributed by atoms with Gasteiger partial charge < -0.3 is 15.2 Å². The van der Waals surface area contributed by atoms with Gasteiger partial charge in [-0.15, -0.1) is 0 Å². The van der Waals surface area contributed by atoms with Crippen LogP contribution >= 0.6 is 34.8 Å². The van der Waals surface area contributed by atoms with Crippen molar-refractivity contribution in [1.82, 2.24) is 0 Å². The lowest BCUT2D eigenvalue weighted by Crippen LogP contribution is -2.06. The van der Waals surface area contributed by atoms with Gasteiger partial charge in [-0.2, -0.15) is 0 Å². The van der Waals surface area contributed by atoms with Crippen molar-refractivity contribution in [2.75, 3.05) is 5.32 Å². The predicted molar refractivity (Wildman–Crippen MR) is 130 cm³/mol. The predicted octanol–water partition coefficient (Wildman–Crippen LogP) is 7.69. The summed E-state index contributed by atoms with van der Waals surface area (Å²) in [5.41, 5.74) is 2.29. The molecular weight excluding hydrogens is 469 g/mol. The van der Waals surface area contributed by atoms with Crippen LogP contribution in [0.2, 0.25) is 15.1 Å². The highest BCUT2D eigenvalue weighted by Crippen LogP contribution is 2.32. The van der Waals surface area contributed by atoms with Crippen molar-refractivity contribution in [1.29, 1.82) is 0 Å². The van der Waals surface area contributed by atoms with Gasteiger partial charge in [-0.1, -0.05) is 71.2 Å². The quantitative estimate of drug-likeness (QED) is 0.281. The molecule has 162 valence electrons. The number of aromatic carboxylic acids is 1. The first-order valence-electron chi connectivity index (χ1n) is 9.77. The van der Waals surface area contributed by atoms with Gasteiger partial charge in [-0.3, -0.25) is 0 Å². The summed E-state index contributed by atoms with van der Waals surface area (Å²) in [6.45, 7) is 0.578. The van der Waals surface area contributed by atoms with Gasteiger partial charge >= 0.3 is 5.97 Å². The van der Waals surface area contributed by atoms with E-state index < -0.39 is 5.97 Å². The third kappa shape index (κ3) is 4.78. The normalized spacial score (nSPS) is 10.8. The molecule has 0 saturated heterocycles. The monoisotopic (exact) mass is 485 g/mol. The molecule has 4 aromatic carbocycles. The van der Waals surface area contributed by atoms with Crippen molar-refractivity contribution in [2.45, 2.75) is 13.2 Å². The Balaban J connectivity index is 1.67. The number of rotatable bonds is 7. The van der Waals surface area contributed by atoms with Gasteiger partial charge in [0.25, 0.3) is 0 Å². The van der Waals surface area contributed by atoms with E-state index in [1.807, 2.05) is 36.4 Å². The van der Waals surface area contributed by atoms with Crippen LogP contribution in [0, 0.1) is 0 Å². The van der Waals surface area contributed by atoms with Crippen LogP contribution in [-0.4, -0.2) is 11.1 Å². The fraction of sp³-hybridized carbons (Fsp3) is 0.0800. The molecule has 0 radical (unpaired) electrons. The summed E-state index contributed by atoms with van der Waals surface area (Å²) in [6.07, 6.45) is 0. The van der Waals surface area contributed by atoms with Gasteiger partial charge in [0.1, 0.15) is 12.4 Å². The van der Waals surface area contributed by atoms with E-state index in [4.69, 9.17) is 39.5 Å². The lowest BCUT2D eigenvalue weighted by molar-refractivity contribution is 0.0697. The molecule has 0 spiro atoms. The van der Waals surface area contributed by atoms with E-state index in [9.17, 15) is 9.90 Å². The number of carboxylic acid groups (broad SMARTS) is 1. The molecule has 0 unspecified atom stereocenters. The highest BCUT2D eigenvalue weighted by atomic mass is 35.5. The minimum absolute atomic E-state index is 0.152.